The molecule has 0 aliphatic heterocycles. The Morgan fingerprint density at radius 2 is 1.89 bits per heavy atom. The molecule has 0 saturated heterocycles. The number of aliphatic hydroxyl groups excluding tert-OH is 1. The number of hydrogen-bond acceptors (Lipinski definition) is 3. The summed E-state index contributed by atoms with van der Waals surface area (Å²) in [5, 5.41) is 11.7. The summed E-state index contributed by atoms with van der Waals surface area (Å²) < 4.78 is 0. The van der Waals surface area contributed by atoms with Crippen LogP contribution in [0.3, 0.4) is 0 Å². The minimum atomic E-state index is -0.308. The highest BCUT2D eigenvalue weighted by Crippen LogP contribution is 2.38. The van der Waals surface area contributed by atoms with E-state index >= 15 is 0 Å². The van der Waals surface area contributed by atoms with Crippen LogP contribution < -0.4 is 11.1 Å². The normalized spacial score (nSPS) is 27.2. The minimum Gasteiger partial charge on any atom is -0.396 e. The number of rotatable bonds is 8. The standard InChI is InChI=1S/C15H30N2O2/c1-13-6-8-15(12-16,9-7-13)14(19)17-10-4-2-3-5-11-18/h13,18H,2-12,16H2,1H3,(H,17,19). The molecule has 112 valence electrons. The lowest BCUT2D eigenvalue weighted by Gasteiger charge is -2.37. The molecule has 1 fully saturated rings. The number of hydrogen-bond donors (Lipinski definition) is 3. The Balaban J connectivity index is 2.26. The fraction of sp³-hybridized carbons (Fsp3) is 0.933. The SMILES string of the molecule is CC1CCC(CN)(C(=O)NCCCCCCO)CC1. The van der Waals surface area contributed by atoms with Gasteiger partial charge in [-0.2, -0.15) is 0 Å². The fourth-order valence-corrected chi connectivity index (χ4v) is 2.82. The van der Waals surface area contributed by atoms with Crippen molar-refractivity contribution in [2.75, 3.05) is 19.7 Å². The molecule has 1 aliphatic carbocycles. The largest absolute Gasteiger partial charge is 0.396 e. The molecule has 0 aromatic carbocycles. The lowest BCUT2D eigenvalue weighted by atomic mass is 9.70. The van der Waals surface area contributed by atoms with Gasteiger partial charge in [-0.15, -0.1) is 0 Å². The van der Waals surface area contributed by atoms with Gasteiger partial charge in [0.05, 0.1) is 5.41 Å². The number of aliphatic hydroxyl groups is 1. The number of carbonyl (C=O) groups excluding carboxylic acids is 1. The number of nitrogens with two attached hydrogens (primary N) is 1. The molecule has 0 aromatic rings. The minimum absolute atomic E-state index is 0.157. The number of amides is 1. The Labute approximate surface area is 117 Å². The molecule has 1 aliphatic rings. The van der Waals surface area contributed by atoms with E-state index in [1.165, 1.54) is 0 Å². The lowest BCUT2D eigenvalue weighted by molar-refractivity contribution is -0.132. The lowest BCUT2D eigenvalue weighted by Crippen LogP contribution is -2.48. The van der Waals surface area contributed by atoms with Gasteiger partial charge < -0.3 is 16.2 Å². The molecule has 0 radical (unpaired) electrons. The third-order valence-corrected chi connectivity index (χ3v) is 4.47. The second-order valence-corrected chi connectivity index (χ2v) is 6.06. The Kier molecular flexibility index (Phi) is 7.39. The quantitative estimate of drug-likeness (QED) is 0.589. The molecular formula is C15H30N2O2. The van der Waals surface area contributed by atoms with Crippen LogP contribution in [0.2, 0.25) is 0 Å². The second kappa shape index (κ2) is 8.54. The van der Waals surface area contributed by atoms with Gasteiger partial charge in [0.25, 0.3) is 0 Å². The number of carbonyl (C=O) groups is 1. The van der Waals surface area contributed by atoms with E-state index in [1.54, 1.807) is 0 Å². The van der Waals surface area contributed by atoms with Gasteiger partial charge in [-0.3, -0.25) is 4.79 Å². The second-order valence-electron chi connectivity index (χ2n) is 6.06. The smallest absolute Gasteiger partial charge is 0.227 e. The predicted octanol–water partition coefficient (Wildman–Crippen LogP) is 1.81. The van der Waals surface area contributed by atoms with Crippen LogP contribution in [0.15, 0.2) is 0 Å². The zero-order chi connectivity index (χ0) is 14.1. The molecule has 4 nitrogen and oxygen atoms in total. The summed E-state index contributed by atoms with van der Waals surface area (Å²) in [7, 11) is 0. The molecule has 0 spiro atoms. The van der Waals surface area contributed by atoms with Crippen LogP contribution in [-0.4, -0.2) is 30.7 Å². The third kappa shape index (κ3) is 5.11. The van der Waals surface area contributed by atoms with Gasteiger partial charge in [-0.25, -0.2) is 0 Å². The fourth-order valence-electron chi connectivity index (χ4n) is 2.82. The monoisotopic (exact) mass is 270 g/mol. The summed E-state index contributed by atoms with van der Waals surface area (Å²) in [6.07, 6.45) is 8.03. The van der Waals surface area contributed by atoms with Crippen molar-refractivity contribution >= 4 is 5.91 Å². The van der Waals surface area contributed by atoms with Crippen molar-refractivity contribution in [2.24, 2.45) is 17.1 Å². The molecule has 0 unspecified atom stereocenters. The van der Waals surface area contributed by atoms with Gasteiger partial charge in [0.15, 0.2) is 0 Å². The topological polar surface area (TPSA) is 75.4 Å². The van der Waals surface area contributed by atoms with Gasteiger partial charge >= 0.3 is 0 Å². The van der Waals surface area contributed by atoms with Gasteiger partial charge in [0.2, 0.25) is 5.91 Å². The van der Waals surface area contributed by atoms with Crippen molar-refractivity contribution in [3.05, 3.63) is 0 Å². The summed E-state index contributed by atoms with van der Waals surface area (Å²) in [6, 6.07) is 0. The van der Waals surface area contributed by atoms with E-state index < -0.39 is 0 Å². The van der Waals surface area contributed by atoms with Crippen LogP contribution in [-0.2, 0) is 4.79 Å². The first-order valence-corrected chi connectivity index (χ1v) is 7.74. The molecule has 0 atom stereocenters. The van der Waals surface area contributed by atoms with E-state index in [9.17, 15) is 4.79 Å². The zero-order valence-electron chi connectivity index (χ0n) is 12.3. The number of unbranched alkanes of at least 4 members (excludes halogenated alkanes) is 3. The van der Waals surface area contributed by atoms with Crippen LogP contribution >= 0.6 is 0 Å². The molecule has 1 rings (SSSR count). The first kappa shape index (κ1) is 16.4. The third-order valence-electron chi connectivity index (χ3n) is 4.47. The zero-order valence-corrected chi connectivity index (χ0v) is 12.3. The van der Waals surface area contributed by atoms with Crippen molar-refractivity contribution in [1.82, 2.24) is 5.32 Å². The average molecular weight is 270 g/mol. The van der Waals surface area contributed by atoms with Crippen molar-refractivity contribution < 1.29 is 9.90 Å². The van der Waals surface area contributed by atoms with Crippen LogP contribution in [0.1, 0.15) is 58.3 Å². The molecule has 1 saturated carbocycles. The molecular weight excluding hydrogens is 240 g/mol. The van der Waals surface area contributed by atoms with Crippen LogP contribution in [0.5, 0.6) is 0 Å². The van der Waals surface area contributed by atoms with E-state index in [0.29, 0.717) is 6.54 Å². The van der Waals surface area contributed by atoms with Gasteiger partial charge in [-0.05, 0) is 44.4 Å². The molecule has 0 aromatic heterocycles. The maximum Gasteiger partial charge on any atom is 0.227 e. The maximum atomic E-state index is 12.3. The van der Waals surface area contributed by atoms with Crippen molar-refractivity contribution in [3.8, 4) is 0 Å². The molecule has 4 heteroatoms. The average Bonchev–Trinajstić information content (AvgIpc) is 2.43. The maximum absolute atomic E-state index is 12.3. The van der Waals surface area contributed by atoms with E-state index in [2.05, 4.69) is 12.2 Å². The van der Waals surface area contributed by atoms with E-state index in [-0.39, 0.29) is 17.9 Å². The van der Waals surface area contributed by atoms with Gasteiger partial charge in [0.1, 0.15) is 0 Å². The first-order valence-electron chi connectivity index (χ1n) is 7.74. The molecule has 0 heterocycles. The Morgan fingerprint density at radius 3 is 2.47 bits per heavy atom. The summed E-state index contributed by atoms with van der Waals surface area (Å²) in [6.45, 7) is 3.72. The summed E-state index contributed by atoms with van der Waals surface area (Å²) in [5.74, 6) is 0.884. The molecule has 4 N–H and O–H groups in total. The summed E-state index contributed by atoms with van der Waals surface area (Å²) in [5.41, 5.74) is 5.56. The predicted molar refractivity (Wildman–Crippen MR) is 77.7 cm³/mol. The van der Waals surface area contributed by atoms with Crippen molar-refractivity contribution in [3.63, 3.8) is 0 Å². The van der Waals surface area contributed by atoms with E-state index in [1.807, 2.05) is 0 Å². The molecule has 1 amide bonds. The van der Waals surface area contributed by atoms with Crippen LogP contribution in [0, 0.1) is 11.3 Å². The van der Waals surface area contributed by atoms with Gasteiger partial charge in [0, 0.05) is 19.7 Å². The van der Waals surface area contributed by atoms with Crippen LogP contribution in [0.4, 0.5) is 0 Å². The van der Waals surface area contributed by atoms with E-state index in [0.717, 1.165) is 63.8 Å². The van der Waals surface area contributed by atoms with Crippen LogP contribution in [0.25, 0.3) is 0 Å². The molecule has 0 bridgehead atoms. The highest BCUT2D eigenvalue weighted by molar-refractivity contribution is 5.83. The Morgan fingerprint density at radius 1 is 1.26 bits per heavy atom. The first-order chi connectivity index (χ1) is 9.14. The summed E-state index contributed by atoms with van der Waals surface area (Å²) in [4.78, 5) is 12.3. The Hall–Kier alpha value is -0.610. The Bertz CT molecular complexity index is 261. The van der Waals surface area contributed by atoms with Gasteiger partial charge in [-0.1, -0.05) is 19.8 Å². The van der Waals surface area contributed by atoms with Crippen molar-refractivity contribution in [1.29, 1.82) is 0 Å². The van der Waals surface area contributed by atoms with Crippen molar-refractivity contribution in [2.45, 2.75) is 58.3 Å². The number of nitrogens with one attached hydrogen (secondary N) is 1. The van der Waals surface area contributed by atoms with E-state index in [4.69, 9.17) is 10.8 Å². The molecule has 19 heavy (non-hydrogen) atoms. The highest BCUT2D eigenvalue weighted by Gasteiger charge is 2.39. The highest BCUT2D eigenvalue weighted by atomic mass is 16.2. The summed E-state index contributed by atoms with van der Waals surface area (Å²) >= 11 is 0.